The Bertz CT molecular complexity index is 608. The van der Waals surface area contributed by atoms with Gasteiger partial charge in [-0.2, -0.15) is 0 Å². The fourth-order valence-electron chi connectivity index (χ4n) is 2.04. The minimum atomic E-state index is -0.372. The highest BCUT2D eigenvalue weighted by atomic mass is 79.9. The summed E-state index contributed by atoms with van der Waals surface area (Å²) in [6.07, 6.45) is 0. The number of hydrogen-bond acceptors (Lipinski definition) is 1. The van der Waals surface area contributed by atoms with Gasteiger partial charge in [-0.25, -0.2) is 4.39 Å². The van der Waals surface area contributed by atoms with E-state index >= 15 is 0 Å². The van der Waals surface area contributed by atoms with Gasteiger partial charge < -0.3 is 5.73 Å². The summed E-state index contributed by atoms with van der Waals surface area (Å²) in [5, 5.41) is 0.355. The van der Waals surface area contributed by atoms with Crippen molar-refractivity contribution in [3.8, 4) is 0 Å². The van der Waals surface area contributed by atoms with E-state index in [1.807, 2.05) is 25.1 Å². The molecule has 19 heavy (non-hydrogen) atoms. The molecule has 1 unspecified atom stereocenters. The van der Waals surface area contributed by atoms with Gasteiger partial charge in [0.15, 0.2) is 0 Å². The van der Waals surface area contributed by atoms with Crippen LogP contribution in [0.5, 0.6) is 0 Å². The van der Waals surface area contributed by atoms with Crippen molar-refractivity contribution in [1.82, 2.24) is 0 Å². The standard InChI is InChI=1S/C15H14BrClFN/c1-8-3-10(6-11(16)4-8)15(19)12-5-9(2)14(18)7-13(12)17/h3-7,15H,19H2,1-2H3. The Kier molecular flexibility index (Phi) is 4.29. The van der Waals surface area contributed by atoms with Crippen LogP contribution in [0.15, 0.2) is 34.8 Å². The Labute approximate surface area is 125 Å². The van der Waals surface area contributed by atoms with Crippen molar-refractivity contribution in [2.45, 2.75) is 19.9 Å². The summed E-state index contributed by atoms with van der Waals surface area (Å²) in [5.41, 5.74) is 9.57. The predicted molar refractivity (Wildman–Crippen MR) is 81.1 cm³/mol. The molecule has 0 aliphatic heterocycles. The molecule has 0 heterocycles. The third kappa shape index (κ3) is 3.16. The zero-order chi connectivity index (χ0) is 14.2. The normalized spacial score (nSPS) is 12.5. The molecular formula is C15H14BrClFN. The van der Waals surface area contributed by atoms with Crippen LogP contribution in [-0.4, -0.2) is 0 Å². The first kappa shape index (κ1) is 14.5. The molecule has 100 valence electrons. The SMILES string of the molecule is Cc1cc(Br)cc(C(N)c2cc(C)c(F)cc2Cl)c1. The Morgan fingerprint density at radius 3 is 2.47 bits per heavy atom. The lowest BCUT2D eigenvalue weighted by Gasteiger charge is -2.16. The van der Waals surface area contributed by atoms with E-state index < -0.39 is 0 Å². The Balaban J connectivity index is 2.49. The average Bonchev–Trinajstić information content (AvgIpc) is 2.31. The van der Waals surface area contributed by atoms with E-state index in [0.29, 0.717) is 10.6 Å². The molecule has 0 saturated heterocycles. The van der Waals surface area contributed by atoms with E-state index in [4.69, 9.17) is 17.3 Å². The molecule has 1 atom stereocenters. The van der Waals surface area contributed by atoms with E-state index in [0.717, 1.165) is 21.2 Å². The van der Waals surface area contributed by atoms with E-state index in [9.17, 15) is 4.39 Å². The van der Waals surface area contributed by atoms with Crippen molar-refractivity contribution in [2.75, 3.05) is 0 Å². The minimum Gasteiger partial charge on any atom is -0.320 e. The highest BCUT2D eigenvalue weighted by Gasteiger charge is 2.15. The molecule has 2 aromatic carbocycles. The Morgan fingerprint density at radius 2 is 1.84 bits per heavy atom. The molecule has 2 N–H and O–H groups in total. The molecule has 0 aliphatic carbocycles. The quantitative estimate of drug-likeness (QED) is 0.825. The largest absolute Gasteiger partial charge is 0.320 e. The Morgan fingerprint density at radius 1 is 1.16 bits per heavy atom. The van der Waals surface area contributed by atoms with Gasteiger partial charge in [-0.05, 0) is 60.4 Å². The van der Waals surface area contributed by atoms with Gasteiger partial charge in [-0.1, -0.05) is 33.6 Å². The molecular weight excluding hydrogens is 329 g/mol. The number of halogens is 3. The van der Waals surface area contributed by atoms with Crippen molar-refractivity contribution in [3.63, 3.8) is 0 Å². The first-order valence-corrected chi connectivity index (χ1v) is 7.04. The molecule has 4 heteroatoms. The van der Waals surface area contributed by atoms with Crippen LogP contribution in [0.25, 0.3) is 0 Å². The molecule has 0 fully saturated rings. The van der Waals surface area contributed by atoms with Crippen molar-refractivity contribution in [2.24, 2.45) is 5.73 Å². The fourth-order valence-corrected chi connectivity index (χ4v) is 2.93. The summed E-state index contributed by atoms with van der Waals surface area (Å²) < 4.78 is 14.4. The van der Waals surface area contributed by atoms with E-state index in [1.165, 1.54) is 6.07 Å². The van der Waals surface area contributed by atoms with Crippen LogP contribution in [0.1, 0.15) is 28.3 Å². The van der Waals surface area contributed by atoms with Gasteiger partial charge in [0.05, 0.1) is 6.04 Å². The number of benzene rings is 2. The van der Waals surface area contributed by atoms with Crippen LogP contribution < -0.4 is 5.73 Å². The van der Waals surface area contributed by atoms with Crippen LogP contribution in [0.2, 0.25) is 5.02 Å². The summed E-state index contributed by atoms with van der Waals surface area (Å²) in [4.78, 5) is 0. The number of aryl methyl sites for hydroxylation is 2. The van der Waals surface area contributed by atoms with Crippen molar-refractivity contribution in [1.29, 1.82) is 0 Å². The summed E-state index contributed by atoms with van der Waals surface area (Å²) in [6, 6.07) is 8.61. The lowest BCUT2D eigenvalue weighted by Crippen LogP contribution is -2.13. The van der Waals surface area contributed by atoms with Gasteiger partial charge in [0.1, 0.15) is 5.82 Å². The number of hydrogen-bond donors (Lipinski definition) is 1. The minimum absolute atomic E-state index is 0.314. The second-order valence-corrected chi connectivity index (χ2v) is 5.99. The molecule has 0 bridgehead atoms. The van der Waals surface area contributed by atoms with E-state index in [1.54, 1.807) is 13.0 Å². The molecule has 0 aliphatic rings. The van der Waals surface area contributed by atoms with Gasteiger partial charge in [-0.3, -0.25) is 0 Å². The maximum atomic E-state index is 13.4. The lowest BCUT2D eigenvalue weighted by atomic mass is 9.97. The summed E-state index contributed by atoms with van der Waals surface area (Å²) in [6.45, 7) is 3.70. The van der Waals surface area contributed by atoms with Crippen molar-refractivity contribution in [3.05, 3.63) is 67.9 Å². The van der Waals surface area contributed by atoms with Gasteiger partial charge in [0, 0.05) is 9.50 Å². The predicted octanol–water partition coefficient (Wildman–Crippen LogP) is 4.91. The highest BCUT2D eigenvalue weighted by Crippen LogP contribution is 2.30. The molecule has 0 saturated carbocycles. The third-order valence-electron chi connectivity index (χ3n) is 3.04. The third-order valence-corrected chi connectivity index (χ3v) is 3.82. The second-order valence-electron chi connectivity index (χ2n) is 4.66. The van der Waals surface area contributed by atoms with Crippen LogP contribution >= 0.6 is 27.5 Å². The summed E-state index contributed by atoms with van der Waals surface area (Å²) >= 11 is 9.54. The molecule has 0 amide bonds. The van der Waals surface area contributed by atoms with Gasteiger partial charge in [-0.15, -0.1) is 0 Å². The molecule has 0 spiro atoms. The zero-order valence-corrected chi connectivity index (χ0v) is 13.0. The second kappa shape index (κ2) is 5.61. The topological polar surface area (TPSA) is 26.0 Å². The van der Waals surface area contributed by atoms with E-state index in [2.05, 4.69) is 15.9 Å². The smallest absolute Gasteiger partial charge is 0.127 e. The van der Waals surface area contributed by atoms with Gasteiger partial charge in [0.2, 0.25) is 0 Å². The molecule has 0 aromatic heterocycles. The maximum absolute atomic E-state index is 13.4. The Hall–Kier alpha value is -0.900. The summed E-state index contributed by atoms with van der Waals surface area (Å²) in [5.74, 6) is -0.314. The first-order valence-electron chi connectivity index (χ1n) is 5.86. The van der Waals surface area contributed by atoms with Crippen LogP contribution in [0, 0.1) is 19.7 Å². The first-order chi connectivity index (χ1) is 8.88. The monoisotopic (exact) mass is 341 g/mol. The highest BCUT2D eigenvalue weighted by molar-refractivity contribution is 9.10. The summed E-state index contributed by atoms with van der Waals surface area (Å²) in [7, 11) is 0. The number of rotatable bonds is 2. The molecule has 1 nitrogen and oxygen atoms in total. The van der Waals surface area contributed by atoms with Crippen molar-refractivity contribution < 1.29 is 4.39 Å². The van der Waals surface area contributed by atoms with E-state index in [-0.39, 0.29) is 11.9 Å². The fraction of sp³-hybridized carbons (Fsp3) is 0.200. The molecule has 0 radical (unpaired) electrons. The van der Waals surface area contributed by atoms with Crippen LogP contribution in [0.3, 0.4) is 0 Å². The maximum Gasteiger partial charge on any atom is 0.127 e. The zero-order valence-electron chi connectivity index (χ0n) is 10.7. The molecule has 2 rings (SSSR count). The lowest BCUT2D eigenvalue weighted by molar-refractivity contribution is 0.617. The van der Waals surface area contributed by atoms with Crippen LogP contribution in [0.4, 0.5) is 4.39 Å². The van der Waals surface area contributed by atoms with Gasteiger partial charge in [0.25, 0.3) is 0 Å². The molecule has 2 aromatic rings. The average molecular weight is 343 g/mol. The van der Waals surface area contributed by atoms with Crippen LogP contribution in [-0.2, 0) is 0 Å². The number of nitrogens with two attached hydrogens (primary N) is 1. The van der Waals surface area contributed by atoms with Crippen molar-refractivity contribution >= 4 is 27.5 Å². The van der Waals surface area contributed by atoms with Gasteiger partial charge >= 0.3 is 0 Å².